The summed E-state index contributed by atoms with van der Waals surface area (Å²) in [6.07, 6.45) is 2.24. The van der Waals surface area contributed by atoms with E-state index < -0.39 is 0 Å². The first kappa shape index (κ1) is 13.7. The quantitative estimate of drug-likeness (QED) is 0.828. The molecule has 0 spiro atoms. The van der Waals surface area contributed by atoms with Crippen molar-refractivity contribution in [1.82, 2.24) is 9.80 Å². The molecule has 2 amide bonds. The van der Waals surface area contributed by atoms with Crippen LogP contribution in [0.15, 0.2) is 24.3 Å². The zero-order valence-corrected chi connectivity index (χ0v) is 11.8. The number of hydrogen-bond acceptors (Lipinski definition) is 2. The zero-order chi connectivity index (χ0) is 13.8. The topological polar surface area (TPSA) is 49.6 Å². The molecule has 0 atom stereocenters. The van der Waals surface area contributed by atoms with Crippen molar-refractivity contribution in [2.75, 3.05) is 18.8 Å². The summed E-state index contributed by atoms with van der Waals surface area (Å²) in [5.41, 5.74) is 7.66. The normalized spacial score (nSPS) is 14.2. The Balaban J connectivity index is 2.10. The van der Waals surface area contributed by atoms with Crippen LogP contribution in [0, 0.1) is 0 Å². The van der Waals surface area contributed by atoms with Gasteiger partial charge >= 0.3 is 6.03 Å². The average molecular weight is 261 g/mol. The molecule has 1 aliphatic carbocycles. The van der Waals surface area contributed by atoms with E-state index >= 15 is 0 Å². The van der Waals surface area contributed by atoms with Crippen LogP contribution in [0.2, 0.25) is 0 Å². The summed E-state index contributed by atoms with van der Waals surface area (Å²) in [5.74, 6) is 0. The lowest BCUT2D eigenvalue weighted by atomic mass is 10.2. The summed E-state index contributed by atoms with van der Waals surface area (Å²) < 4.78 is 0. The Hall–Kier alpha value is -1.71. The maximum Gasteiger partial charge on any atom is 0.320 e. The summed E-state index contributed by atoms with van der Waals surface area (Å²) in [6, 6.07) is 8.35. The van der Waals surface area contributed by atoms with E-state index in [1.165, 1.54) is 0 Å². The highest BCUT2D eigenvalue weighted by molar-refractivity contribution is 5.75. The van der Waals surface area contributed by atoms with E-state index in [1.54, 1.807) is 0 Å². The third-order valence-electron chi connectivity index (χ3n) is 3.57. The molecule has 0 radical (unpaired) electrons. The summed E-state index contributed by atoms with van der Waals surface area (Å²) in [4.78, 5) is 16.4. The summed E-state index contributed by atoms with van der Waals surface area (Å²) in [6.45, 7) is 6.22. The lowest BCUT2D eigenvalue weighted by Gasteiger charge is -2.29. The number of benzene rings is 1. The minimum absolute atomic E-state index is 0.148. The average Bonchev–Trinajstić information content (AvgIpc) is 3.21. The number of carbonyl (C=O) groups excluding carboxylic acids is 1. The molecule has 0 heterocycles. The van der Waals surface area contributed by atoms with Gasteiger partial charge in [0.2, 0.25) is 0 Å². The summed E-state index contributed by atoms with van der Waals surface area (Å²) in [7, 11) is 0. The van der Waals surface area contributed by atoms with E-state index in [0.29, 0.717) is 12.6 Å². The van der Waals surface area contributed by atoms with Gasteiger partial charge in [0.1, 0.15) is 0 Å². The van der Waals surface area contributed by atoms with Crippen molar-refractivity contribution in [2.24, 2.45) is 0 Å². The Morgan fingerprint density at radius 2 is 2.00 bits per heavy atom. The van der Waals surface area contributed by atoms with Crippen molar-refractivity contribution in [3.8, 4) is 0 Å². The molecule has 0 unspecified atom stereocenters. The van der Waals surface area contributed by atoms with Gasteiger partial charge in [-0.05, 0) is 44.4 Å². The Labute approximate surface area is 115 Å². The van der Waals surface area contributed by atoms with Crippen LogP contribution in [0.25, 0.3) is 0 Å². The Morgan fingerprint density at radius 1 is 1.32 bits per heavy atom. The third kappa shape index (κ3) is 3.40. The van der Waals surface area contributed by atoms with Gasteiger partial charge in [0.25, 0.3) is 0 Å². The number of rotatable bonds is 5. The lowest BCUT2D eigenvalue weighted by molar-refractivity contribution is 0.151. The van der Waals surface area contributed by atoms with E-state index in [1.807, 2.05) is 47.9 Å². The predicted octanol–water partition coefficient (Wildman–Crippen LogP) is 2.70. The fraction of sp³-hybridized carbons (Fsp3) is 0.533. The number of urea groups is 1. The fourth-order valence-electron chi connectivity index (χ4n) is 2.30. The largest absolute Gasteiger partial charge is 0.399 e. The van der Waals surface area contributed by atoms with Crippen molar-refractivity contribution in [1.29, 1.82) is 0 Å². The molecule has 1 aromatic rings. The monoisotopic (exact) mass is 261 g/mol. The van der Waals surface area contributed by atoms with Gasteiger partial charge in [-0.15, -0.1) is 0 Å². The minimum atomic E-state index is 0.148. The summed E-state index contributed by atoms with van der Waals surface area (Å²) in [5, 5.41) is 0. The molecule has 1 saturated carbocycles. The zero-order valence-electron chi connectivity index (χ0n) is 11.8. The first-order chi connectivity index (χ1) is 9.15. The molecule has 0 aliphatic heterocycles. The molecule has 1 fully saturated rings. The van der Waals surface area contributed by atoms with Gasteiger partial charge in [0.15, 0.2) is 0 Å². The van der Waals surface area contributed by atoms with Gasteiger partial charge in [-0.1, -0.05) is 12.1 Å². The lowest BCUT2D eigenvalue weighted by Crippen LogP contribution is -2.43. The van der Waals surface area contributed by atoms with Crippen LogP contribution < -0.4 is 5.73 Å². The van der Waals surface area contributed by atoms with Crippen LogP contribution in [0.3, 0.4) is 0 Å². The molecule has 19 heavy (non-hydrogen) atoms. The molecular weight excluding hydrogens is 238 g/mol. The SMILES string of the molecule is CCN(CC)C(=O)N(Cc1cccc(N)c1)C1CC1. The number of amides is 2. The maximum atomic E-state index is 12.5. The first-order valence-electron chi connectivity index (χ1n) is 7.05. The smallest absolute Gasteiger partial charge is 0.320 e. The second kappa shape index (κ2) is 5.95. The van der Waals surface area contributed by atoms with E-state index in [2.05, 4.69) is 0 Å². The first-order valence-corrected chi connectivity index (χ1v) is 7.05. The minimum Gasteiger partial charge on any atom is -0.399 e. The van der Waals surface area contributed by atoms with Crippen molar-refractivity contribution in [2.45, 2.75) is 39.3 Å². The van der Waals surface area contributed by atoms with Crippen LogP contribution in [0.1, 0.15) is 32.3 Å². The van der Waals surface area contributed by atoms with Gasteiger partial charge in [-0.3, -0.25) is 0 Å². The Bertz CT molecular complexity index is 439. The number of nitrogens with zero attached hydrogens (tertiary/aromatic N) is 2. The van der Waals surface area contributed by atoms with Crippen LogP contribution >= 0.6 is 0 Å². The standard InChI is InChI=1S/C15H23N3O/c1-3-17(4-2)15(19)18(14-8-9-14)11-12-6-5-7-13(16)10-12/h5-7,10,14H,3-4,8-9,11,16H2,1-2H3. The van der Waals surface area contributed by atoms with E-state index in [9.17, 15) is 4.79 Å². The van der Waals surface area contributed by atoms with Crippen LogP contribution in [0.5, 0.6) is 0 Å². The van der Waals surface area contributed by atoms with Crippen molar-refractivity contribution in [3.63, 3.8) is 0 Å². The maximum absolute atomic E-state index is 12.5. The van der Waals surface area contributed by atoms with Crippen LogP contribution in [0.4, 0.5) is 10.5 Å². The Kier molecular flexibility index (Phi) is 4.30. The van der Waals surface area contributed by atoms with Gasteiger partial charge in [0.05, 0.1) is 0 Å². The molecular formula is C15H23N3O. The highest BCUT2D eigenvalue weighted by Crippen LogP contribution is 2.29. The third-order valence-corrected chi connectivity index (χ3v) is 3.57. The predicted molar refractivity (Wildman–Crippen MR) is 77.7 cm³/mol. The molecule has 1 aliphatic rings. The number of carbonyl (C=O) groups is 1. The van der Waals surface area contributed by atoms with Crippen molar-refractivity contribution >= 4 is 11.7 Å². The van der Waals surface area contributed by atoms with E-state index in [0.717, 1.165) is 37.2 Å². The van der Waals surface area contributed by atoms with Crippen molar-refractivity contribution in [3.05, 3.63) is 29.8 Å². The molecule has 0 saturated heterocycles. The second-order valence-electron chi connectivity index (χ2n) is 5.06. The highest BCUT2D eigenvalue weighted by atomic mass is 16.2. The Morgan fingerprint density at radius 3 is 2.53 bits per heavy atom. The van der Waals surface area contributed by atoms with Gasteiger partial charge in [0, 0.05) is 31.4 Å². The number of hydrogen-bond donors (Lipinski definition) is 1. The molecule has 2 rings (SSSR count). The number of nitrogens with two attached hydrogens (primary N) is 1. The van der Waals surface area contributed by atoms with Crippen LogP contribution in [-0.2, 0) is 6.54 Å². The molecule has 0 bridgehead atoms. The van der Waals surface area contributed by atoms with Gasteiger partial charge < -0.3 is 15.5 Å². The second-order valence-corrected chi connectivity index (χ2v) is 5.06. The summed E-state index contributed by atoms with van der Waals surface area (Å²) >= 11 is 0. The number of anilines is 1. The van der Waals surface area contributed by atoms with E-state index in [4.69, 9.17) is 5.73 Å². The van der Waals surface area contributed by atoms with E-state index in [-0.39, 0.29) is 6.03 Å². The van der Waals surface area contributed by atoms with Crippen LogP contribution in [-0.4, -0.2) is 35.0 Å². The van der Waals surface area contributed by atoms with Gasteiger partial charge in [-0.2, -0.15) is 0 Å². The molecule has 2 N–H and O–H groups in total. The highest BCUT2D eigenvalue weighted by Gasteiger charge is 2.34. The number of nitrogen functional groups attached to an aromatic ring is 1. The molecule has 1 aromatic carbocycles. The molecule has 4 nitrogen and oxygen atoms in total. The van der Waals surface area contributed by atoms with Crippen molar-refractivity contribution < 1.29 is 4.79 Å². The van der Waals surface area contributed by atoms with Gasteiger partial charge in [-0.25, -0.2) is 4.79 Å². The molecule has 0 aromatic heterocycles. The fourth-order valence-corrected chi connectivity index (χ4v) is 2.30. The molecule has 4 heteroatoms. The molecule has 104 valence electrons.